The summed E-state index contributed by atoms with van der Waals surface area (Å²) in [5.74, 6) is -0.417. The number of H-pyrrole nitrogens is 2. The summed E-state index contributed by atoms with van der Waals surface area (Å²) in [7, 11) is 0. The Hall–Kier alpha value is -2.20. The zero-order valence-electron chi connectivity index (χ0n) is 9.95. The van der Waals surface area contributed by atoms with Crippen molar-refractivity contribution in [1.29, 1.82) is 0 Å². The van der Waals surface area contributed by atoms with Crippen molar-refractivity contribution in [1.82, 2.24) is 20.6 Å². The summed E-state index contributed by atoms with van der Waals surface area (Å²) in [6.07, 6.45) is 1.53. The topological polar surface area (TPSA) is 120 Å². The molecule has 0 spiro atoms. The third kappa shape index (κ3) is 4.17. The maximum atomic E-state index is 11.5. The molecule has 1 amide bonds. The van der Waals surface area contributed by atoms with Crippen LogP contribution in [0.5, 0.6) is 0 Å². The van der Waals surface area contributed by atoms with Crippen LogP contribution in [0.2, 0.25) is 0 Å². The van der Waals surface area contributed by atoms with E-state index in [2.05, 4.69) is 20.7 Å². The molecule has 0 aliphatic carbocycles. The normalized spacial score (nSPS) is 10.8. The van der Waals surface area contributed by atoms with Gasteiger partial charge in [-0.15, -0.1) is 11.3 Å². The summed E-state index contributed by atoms with van der Waals surface area (Å²) in [6, 6.07) is 3.73. The van der Waals surface area contributed by atoms with E-state index in [-0.39, 0.29) is 16.7 Å². The number of carbonyl (C=O) groups is 1. The quantitative estimate of drug-likeness (QED) is 0.400. The molecule has 0 radical (unpaired) electrons. The van der Waals surface area contributed by atoms with Crippen molar-refractivity contribution >= 4 is 35.2 Å². The van der Waals surface area contributed by atoms with Crippen LogP contribution in [0, 0.1) is 0 Å². The molecule has 0 aromatic carbocycles. The van der Waals surface area contributed by atoms with E-state index in [4.69, 9.17) is 0 Å². The monoisotopic (exact) mass is 311 g/mol. The Morgan fingerprint density at radius 2 is 2.40 bits per heavy atom. The van der Waals surface area contributed by atoms with Crippen molar-refractivity contribution in [3.05, 3.63) is 43.2 Å². The number of aromatic amines is 2. The van der Waals surface area contributed by atoms with Gasteiger partial charge in [-0.05, 0) is 11.4 Å². The molecule has 0 aliphatic rings. The highest BCUT2D eigenvalue weighted by Gasteiger charge is 2.06. The van der Waals surface area contributed by atoms with Gasteiger partial charge in [0.25, 0.3) is 5.56 Å². The van der Waals surface area contributed by atoms with Crippen LogP contribution < -0.4 is 16.7 Å². The van der Waals surface area contributed by atoms with Gasteiger partial charge in [0.2, 0.25) is 5.91 Å². The van der Waals surface area contributed by atoms with E-state index in [1.165, 1.54) is 17.6 Å². The first-order valence-electron chi connectivity index (χ1n) is 5.32. The van der Waals surface area contributed by atoms with Crippen molar-refractivity contribution in [2.75, 3.05) is 5.75 Å². The van der Waals surface area contributed by atoms with Crippen molar-refractivity contribution < 1.29 is 4.79 Å². The molecule has 2 rings (SSSR count). The minimum Gasteiger partial charge on any atom is -0.272 e. The summed E-state index contributed by atoms with van der Waals surface area (Å²) in [5.41, 5.74) is 1.01. The Morgan fingerprint density at radius 1 is 1.55 bits per heavy atom. The second-order valence-electron chi connectivity index (χ2n) is 3.41. The first-order valence-corrected chi connectivity index (χ1v) is 7.19. The van der Waals surface area contributed by atoms with Crippen LogP contribution in [-0.2, 0) is 4.79 Å². The number of carbonyl (C=O) groups excluding carboxylic acids is 1. The molecular weight excluding hydrogens is 302 g/mol. The SMILES string of the molecule is O=C(CSc1n[nH]c(=O)[nH]c1=O)N/N=C\c1cccs1. The summed E-state index contributed by atoms with van der Waals surface area (Å²) in [4.78, 5) is 36.5. The van der Waals surface area contributed by atoms with Crippen molar-refractivity contribution in [3.8, 4) is 0 Å². The fourth-order valence-electron chi connectivity index (χ4n) is 1.13. The van der Waals surface area contributed by atoms with Gasteiger partial charge in [0.1, 0.15) is 0 Å². The lowest BCUT2D eigenvalue weighted by Crippen LogP contribution is -2.26. The minimum atomic E-state index is -0.690. The summed E-state index contributed by atoms with van der Waals surface area (Å²) < 4.78 is 0. The number of rotatable bonds is 5. The Labute approximate surface area is 120 Å². The summed E-state index contributed by atoms with van der Waals surface area (Å²) >= 11 is 2.40. The van der Waals surface area contributed by atoms with E-state index < -0.39 is 11.2 Å². The number of hydrazone groups is 1. The van der Waals surface area contributed by atoms with E-state index in [1.54, 1.807) is 0 Å². The van der Waals surface area contributed by atoms with Crippen molar-refractivity contribution in [2.45, 2.75) is 5.03 Å². The van der Waals surface area contributed by atoms with Crippen LogP contribution in [-0.4, -0.2) is 33.1 Å². The molecule has 0 atom stereocenters. The zero-order chi connectivity index (χ0) is 14.4. The van der Waals surface area contributed by atoms with Gasteiger partial charge in [0.15, 0.2) is 5.03 Å². The highest BCUT2D eigenvalue weighted by molar-refractivity contribution is 7.99. The third-order valence-corrected chi connectivity index (χ3v) is 3.71. The highest BCUT2D eigenvalue weighted by atomic mass is 32.2. The lowest BCUT2D eigenvalue weighted by molar-refractivity contribution is -0.118. The first kappa shape index (κ1) is 14.2. The molecule has 3 N–H and O–H groups in total. The molecule has 0 unspecified atom stereocenters. The fraction of sp³-hybridized carbons (Fsp3) is 0.100. The first-order chi connectivity index (χ1) is 9.65. The smallest absolute Gasteiger partial charge is 0.272 e. The lowest BCUT2D eigenvalue weighted by Gasteiger charge is -1.98. The van der Waals surface area contributed by atoms with Crippen LogP contribution >= 0.6 is 23.1 Å². The Morgan fingerprint density at radius 3 is 3.10 bits per heavy atom. The lowest BCUT2D eigenvalue weighted by atomic mass is 10.5. The van der Waals surface area contributed by atoms with Gasteiger partial charge >= 0.3 is 5.69 Å². The minimum absolute atomic E-state index is 0.0157. The number of aromatic nitrogens is 3. The van der Waals surface area contributed by atoms with Crippen LogP contribution in [0.1, 0.15) is 4.88 Å². The fourth-order valence-corrected chi connectivity index (χ4v) is 2.34. The van der Waals surface area contributed by atoms with E-state index >= 15 is 0 Å². The number of thioether (sulfide) groups is 1. The number of hydrogen-bond donors (Lipinski definition) is 3. The maximum Gasteiger partial charge on any atom is 0.342 e. The van der Waals surface area contributed by atoms with E-state index in [0.717, 1.165) is 16.6 Å². The molecule has 0 aliphatic heterocycles. The second-order valence-corrected chi connectivity index (χ2v) is 5.35. The predicted molar refractivity (Wildman–Crippen MR) is 76.3 cm³/mol. The van der Waals surface area contributed by atoms with Gasteiger partial charge < -0.3 is 0 Å². The van der Waals surface area contributed by atoms with Gasteiger partial charge in [-0.3, -0.25) is 14.6 Å². The van der Waals surface area contributed by atoms with Crippen LogP contribution in [0.3, 0.4) is 0 Å². The molecule has 0 saturated carbocycles. The largest absolute Gasteiger partial charge is 0.342 e. The molecule has 0 bridgehead atoms. The Kier molecular flexibility index (Phi) is 4.85. The highest BCUT2D eigenvalue weighted by Crippen LogP contribution is 2.07. The number of hydrogen-bond acceptors (Lipinski definition) is 7. The summed E-state index contributed by atoms with van der Waals surface area (Å²) in [5, 5.41) is 11.3. The van der Waals surface area contributed by atoms with E-state index in [9.17, 15) is 14.4 Å². The Bertz CT molecular complexity index is 719. The molecule has 0 fully saturated rings. The molecule has 104 valence electrons. The second kappa shape index (κ2) is 6.82. The summed E-state index contributed by atoms with van der Waals surface area (Å²) in [6.45, 7) is 0. The van der Waals surface area contributed by atoms with Crippen molar-refractivity contribution in [3.63, 3.8) is 0 Å². The van der Waals surface area contributed by atoms with Gasteiger partial charge in [-0.2, -0.15) is 10.2 Å². The Balaban J connectivity index is 1.83. The standard InChI is InChI=1S/C10H9N5O3S2/c16-7(13-11-4-6-2-1-3-19-6)5-20-9-8(17)12-10(18)15-14-9/h1-4H,5H2,(H,13,16)(H2,12,15,17,18)/b11-4-. The van der Waals surface area contributed by atoms with Gasteiger partial charge in [0.05, 0.1) is 12.0 Å². The van der Waals surface area contributed by atoms with Crippen LogP contribution in [0.25, 0.3) is 0 Å². The maximum absolute atomic E-state index is 11.5. The van der Waals surface area contributed by atoms with Crippen LogP contribution in [0.15, 0.2) is 37.2 Å². The molecule has 20 heavy (non-hydrogen) atoms. The van der Waals surface area contributed by atoms with Gasteiger partial charge in [0, 0.05) is 4.88 Å². The number of amides is 1. The van der Waals surface area contributed by atoms with Crippen molar-refractivity contribution in [2.24, 2.45) is 5.10 Å². The average molecular weight is 311 g/mol. The number of thiophene rings is 1. The molecule has 2 aromatic heterocycles. The molecule has 0 saturated heterocycles. The average Bonchev–Trinajstić information content (AvgIpc) is 2.91. The molecule has 2 heterocycles. The van der Waals surface area contributed by atoms with Gasteiger partial charge in [-0.1, -0.05) is 17.8 Å². The van der Waals surface area contributed by atoms with E-state index in [1.807, 2.05) is 22.5 Å². The molecular formula is C10H9N5O3S2. The molecule has 2 aromatic rings. The predicted octanol–water partition coefficient (Wildman–Crippen LogP) is -0.238. The third-order valence-electron chi connectivity index (χ3n) is 1.94. The molecule has 8 nitrogen and oxygen atoms in total. The zero-order valence-corrected chi connectivity index (χ0v) is 11.6. The molecule has 10 heteroatoms. The van der Waals surface area contributed by atoms with E-state index in [0.29, 0.717) is 0 Å². The number of nitrogens with one attached hydrogen (secondary N) is 3. The van der Waals surface area contributed by atoms with Gasteiger partial charge in [-0.25, -0.2) is 15.3 Å². The number of nitrogens with zero attached hydrogens (tertiary/aromatic N) is 2. The van der Waals surface area contributed by atoms with Crippen LogP contribution in [0.4, 0.5) is 0 Å².